The molecule has 3 N–H and O–H groups in total. The molecule has 0 amide bonds. The average molecular weight is 276 g/mol. The van der Waals surface area contributed by atoms with Gasteiger partial charge < -0.3 is 15.4 Å². The smallest absolute Gasteiger partial charge is 0.130 e. The van der Waals surface area contributed by atoms with Crippen molar-refractivity contribution in [3.63, 3.8) is 0 Å². The molecule has 110 valence electrons. The Morgan fingerprint density at radius 3 is 2.80 bits per heavy atom. The summed E-state index contributed by atoms with van der Waals surface area (Å²) >= 11 is 0. The molecule has 0 radical (unpaired) electrons. The second-order valence-corrected chi connectivity index (χ2v) is 5.53. The number of benzene rings is 1. The maximum Gasteiger partial charge on any atom is 0.130 e. The molecule has 0 aromatic heterocycles. The Morgan fingerprint density at radius 1 is 1.45 bits per heavy atom. The minimum atomic E-state index is 0.0429. The summed E-state index contributed by atoms with van der Waals surface area (Å²) in [4.78, 5) is 4.84. The van der Waals surface area contributed by atoms with E-state index in [0.29, 0.717) is 17.4 Å². The Morgan fingerprint density at radius 2 is 2.20 bits per heavy atom. The van der Waals surface area contributed by atoms with Crippen LogP contribution in [0.4, 0.5) is 0 Å². The Labute approximate surface area is 120 Å². The number of nitrogens with one attached hydrogen (secondary N) is 1. The third-order valence-corrected chi connectivity index (χ3v) is 3.91. The van der Waals surface area contributed by atoms with Crippen LogP contribution >= 0.6 is 0 Å². The summed E-state index contributed by atoms with van der Waals surface area (Å²) in [6.45, 7) is 6.45. The molecule has 0 aliphatic carbocycles. The topological polar surface area (TPSA) is 65.6 Å². The summed E-state index contributed by atoms with van der Waals surface area (Å²) in [6, 6.07) is 6.44. The van der Waals surface area contributed by atoms with Crippen LogP contribution in [0.3, 0.4) is 0 Å². The predicted octanol–water partition coefficient (Wildman–Crippen LogP) is 1.12. The first-order chi connectivity index (χ1) is 9.51. The number of ether oxygens (including phenoxy) is 1. The molecule has 0 spiro atoms. The Balaban J connectivity index is 2.12. The van der Waals surface area contributed by atoms with Crippen molar-refractivity contribution >= 4 is 5.84 Å². The first kappa shape index (κ1) is 14.8. The highest BCUT2D eigenvalue weighted by Crippen LogP contribution is 2.22. The highest BCUT2D eigenvalue weighted by molar-refractivity contribution is 5.97. The molecule has 1 aliphatic heterocycles. The molecule has 1 unspecified atom stereocenters. The second-order valence-electron chi connectivity index (χ2n) is 5.53. The predicted molar refractivity (Wildman–Crippen MR) is 81.4 cm³/mol. The van der Waals surface area contributed by atoms with Gasteiger partial charge in [0, 0.05) is 32.2 Å². The minimum Gasteiger partial charge on any atom is -0.496 e. The molecule has 1 aromatic rings. The number of amidine groups is 1. The van der Waals surface area contributed by atoms with Gasteiger partial charge in [0.25, 0.3) is 0 Å². The molecular formula is C15H24N4O. The van der Waals surface area contributed by atoms with E-state index in [1.807, 2.05) is 18.2 Å². The van der Waals surface area contributed by atoms with E-state index in [4.69, 9.17) is 15.9 Å². The molecule has 0 saturated carbocycles. The Kier molecular flexibility index (Phi) is 4.62. The molecule has 5 heteroatoms. The van der Waals surface area contributed by atoms with E-state index in [9.17, 15) is 0 Å². The van der Waals surface area contributed by atoms with Crippen molar-refractivity contribution in [1.82, 2.24) is 9.80 Å². The van der Waals surface area contributed by atoms with Crippen molar-refractivity contribution in [2.45, 2.75) is 19.5 Å². The number of methoxy groups -OCH3 is 1. The van der Waals surface area contributed by atoms with E-state index in [1.54, 1.807) is 7.11 Å². The molecule has 1 fully saturated rings. The van der Waals surface area contributed by atoms with E-state index in [2.05, 4.69) is 23.8 Å². The van der Waals surface area contributed by atoms with Gasteiger partial charge in [-0.25, -0.2) is 0 Å². The molecule has 1 aliphatic rings. The van der Waals surface area contributed by atoms with Crippen LogP contribution in [0.25, 0.3) is 0 Å². The number of hydrogen-bond donors (Lipinski definition) is 2. The summed E-state index contributed by atoms with van der Waals surface area (Å²) in [5, 5.41) is 7.54. The fraction of sp³-hybridized carbons (Fsp3) is 0.533. The van der Waals surface area contributed by atoms with E-state index < -0.39 is 0 Å². The molecule has 1 aromatic carbocycles. The normalized spacial score (nSPS) is 20.9. The number of hydrogen-bond acceptors (Lipinski definition) is 4. The number of nitrogen functional groups attached to an aromatic ring is 1. The summed E-state index contributed by atoms with van der Waals surface area (Å²) in [6.07, 6.45) is 0. The number of nitrogens with two attached hydrogens (primary N) is 1. The van der Waals surface area contributed by atoms with Crippen LogP contribution in [0.15, 0.2) is 18.2 Å². The molecule has 20 heavy (non-hydrogen) atoms. The van der Waals surface area contributed by atoms with Crippen molar-refractivity contribution in [3.05, 3.63) is 29.3 Å². The standard InChI is InChI=1S/C15H24N4O/c1-11-9-18(2)6-7-19(11)10-12-4-5-13(15(16)17)14(8-12)20-3/h4-5,8,11H,6-7,9-10H2,1-3H3,(H3,16,17). The zero-order valence-electron chi connectivity index (χ0n) is 12.5. The fourth-order valence-electron chi connectivity index (χ4n) is 2.70. The molecule has 1 heterocycles. The molecule has 0 bridgehead atoms. The van der Waals surface area contributed by atoms with Gasteiger partial charge in [-0.1, -0.05) is 6.07 Å². The van der Waals surface area contributed by atoms with Crippen LogP contribution in [0, 0.1) is 5.41 Å². The van der Waals surface area contributed by atoms with Gasteiger partial charge >= 0.3 is 0 Å². The number of likely N-dealkylation sites (N-methyl/N-ethyl adjacent to an activating group) is 1. The number of nitrogens with zero attached hydrogens (tertiary/aromatic N) is 2. The van der Waals surface area contributed by atoms with Crippen molar-refractivity contribution in [3.8, 4) is 5.75 Å². The van der Waals surface area contributed by atoms with Crippen LogP contribution in [0.5, 0.6) is 5.75 Å². The zero-order chi connectivity index (χ0) is 14.7. The first-order valence-electron chi connectivity index (χ1n) is 6.95. The highest BCUT2D eigenvalue weighted by atomic mass is 16.5. The van der Waals surface area contributed by atoms with E-state index in [0.717, 1.165) is 26.2 Å². The molecule has 1 atom stereocenters. The SMILES string of the molecule is COc1cc(CN2CCN(C)CC2C)ccc1C(=N)N. The molecule has 2 rings (SSSR count). The molecule has 1 saturated heterocycles. The maximum absolute atomic E-state index is 7.54. The van der Waals surface area contributed by atoms with Gasteiger partial charge in [0.05, 0.1) is 12.7 Å². The van der Waals surface area contributed by atoms with Gasteiger partial charge in [-0.3, -0.25) is 10.3 Å². The fourth-order valence-corrected chi connectivity index (χ4v) is 2.70. The first-order valence-corrected chi connectivity index (χ1v) is 6.95. The van der Waals surface area contributed by atoms with Gasteiger partial charge in [0.1, 0.15) is 11.6 Å². The monoisotopic (exact) mass is 276 g/mol. The van der Waals surface area contributed by atoms with Crippen LogP contribution in [-0.4, -0.2) is 55.5 Å². The minimum absolute atomic E-state index is 0.0429. The van der Waals surface area contributed by atoms with Crippen LogP contribution in [0.2, 0.25) is 0 Å². The second kappa shape index (κ2) is 6.24. The average Bonchev–Trinajstić information content (AvgIpc) is 2.41. The van der Waals surface area contributed by atoms with E-state index >= 15 is 0 Å². The van der Waals surface area contributed by atoms with Crippen molar-refractivity contribution in [2.24, 2.45) is 5.73 Å². The van der Waals surface area contributed by atoms with Crippen LogP contribution in [0.1, 0.15) is 18.1 Å². The van der Waals surface area contributed by atoms with Crippen LogP contribution < -0.4 is 10.5 Å². The number of rotatable bonds is 4. The lowest BCUT2D eigenvalue weighted by molar-refractivity contribution is 0.0938. The zero-order valence-corrected chi connectivity index (χ0v) is 12.5. The van der Waals surface area contributed by atoms with E-state index in [-0.39, 0.29) is 5.84 Å². The van der Waals surface area contributed by atoms with Gasteiger partial charge in [0.2, 0.25) is 0 Å². The number of piperazine rings is 1. The summed E-state index contributed by atoms with van der Waals surface area (Å²) in [5.41, 5.74) is 7.40. The maximum atomic E-state index is 7.54. The third-order valence-electron chi connectivity index (χ3n) is 3.91. The lowest BCUT2D eigenvalue weighted by atomic mass is 10.1. The highest BCUT2D eigenvalue weighted by Gasteiger charge is 2.21. The lowest BCUT2D eigenvalue weighted by Gasteiger charge is -2.38. The van der Waals surface area contributed by atoms with Gasteiger partial charge in [-0.2, -0.15) is 0 Å². The summed E-state index contributed by atoms with van der Waals surface area (Å²) in [5.74, 6) is 0.721. The summed E-state index contributed by atoms with van der Waals surface area (Å²) in [7, 11) is 3.78. The van der Waals surface area contributed by atoms with Crippen LogP contribution in [-0.2, 0) is 6.54 Å². The van der Waals surface area contributed by atoms with E-state index in [1.165, 1.54) is 5.56 Å². The Hall–Kier alpha value is -1.59. The van der Waals surface area contributed by atoms with Crippen molar-refractivity contribution in [2.75, 3.05) is 33.8 Å². The molecular weight excluding hydrogens is 252 g/mol. The largest absolute Gasteiger partial charge is 0.496 e. The lowest BCUT2D eigenvalue weighted by Crippen LogP contribution is -2.49. The molecule has 5 nitrogen and oxygen atoms in total. The van der Waals surface area contributed by atoms with Gasteiger partial charge in [0.15, 0.2) is 0 Å². The summed E-state index contributed by atoms with van der Waals surface area (Å²) < 4.78 is 5.33. The third kappa shape index (κ3) is 3.29. The van der Waals surface area contributed by atoms with Crippen molar-refractivity contribution in [1.29, 1.82) is 5.41 Å². The quantitative estimate of drug-likeness (QED) is 0.639. The van der Waals surface area contributed by atoms with Gasteiger partial charge in [-0.15, -0.1) is 0 Å². The Bertz CT molecular complexity index is 489. The van der Waals surface area contributed by atoms with Gasteiger partial charge in [-0.05, 0) is 31.7 Å². The van der Waals surface area contributed by atoms with Crippen molar-refractivity contribution < 1.29 is 4.74 Å².